The number of amides is 1. The number of hydrogen-bond acceptors (Lipinski definition) is 10. The summed E-state index contributed by atoms with van der Waals surface area (Å²) in [7, 11) is 0. The number of hydrogen-bond donors (Lipinski definition) is 4. The van der Waals surface area contributed by atoms with Crippen molar-refractivity contribution < 1.29 is 39.1 Å². The zero-order chi connectivity index (χ0) is 20.0. The first-order valence-electron chi connectivity index (χ1n) is 8.15. The van der Waals surface area contributed by atoms with E-state index in [2.05, 4.69) is 4.98 Å². The van der Waals surface area contributed by atoms with Crippen LogP contribution < -0.4 is 11.3 Å². The van der Waals surface area contributed by atoms with Crippen LogP contribution in [-0.4, -0.2) is 75.1 Å². The minimum atomic E-state index is -1.53. The van der Waals surface area contributed by atoms with E-state index in [-0.39, 0.29) is 13.2 Å². The Labute approximate surface area is 153 Å². The largest absolute Gasteiger partial charge is 0.508 e. The summed E-state index contributed by atoms with van der Waals surface area (Å²) in [4.78, 5) is 38.4. The first-order valence-corrected chi connectivity index (χ1v) is 8.15. The van der Waals surface area contributed by atoms with E-state index in [9.17, 15) is 24.6 Å². The molecule has 1 aromatic heterocycles. The van der Waals surface area contributed by atoms with E-state index >= 15 is 0 Å². The number of primary amides is 1. The molecule has 12 heteroatoms. The van der Waals surface area contributed by atoms with Gasteiger partial charge < -0.3 is 35.3 Å². The average molecular weight is 387 g/mol. The highest BCUT2D eigenvalue weighted by Crippen LogP contribution is 2.28. The molecule has 1 aliphatic rings. The van der Waals surface area contributed by atoms with Crippen molar-refractivity contribution in [3.63, 3.8) is 0 Å². The van der Waals surface area contributed by atoms with Gasteiger partial charge in [-0.3, -0.25) is 14.2 Å². The lowest BCUT2D eigenvalue weighted by molar-refractivity contribution is -0.0639. The Hall–Kier alpha value is -2.54. The van der Waals surface area contributed by atoms with Crippen molar-refractivity contribution in [1.82, 2.24) is 9.55 Å². The molecule has 2 heterocycles. The van der Waals surface area contributed by atoms with Gasteiger partial charge in [-0.2, -0.15) is 0 Å². The van der Waals surface area contributed by atoms with Crippen molar-refractivity contribution in [2.75, 3.05) is 19.8 Å². The lowest BCUT2D eigenvalue weighted by Crippen LogP contribution is -2.38. The third-order valence-electron chi connectivity index (χ3n) is 3.85. The molecule has 1 fully saturated rings. The minimum absolute atomic E-state index is 0.0222. The fourth-order valence-electron chi connectivity index (χ4n) is 2.45. The summed E-state index contributed by atoms with van der Waals surface area (Å²) in [6, 6.07) is 0. The Morgan fingerprint density at radius 1 is 1.26 bits per heavy atom. The molecule has 150 valence electrons. The summed E-state index contributed by atoms with van der Waals surface area (Å²) in [5.74, 6) is -1.05. The lowest BCUT2D eigenvalue weighted by atomic mass is 10.1. The Morgan fingerprint density at radius 2 is 2.00 bits per heavy atom. The van der Waals surface area contributed by atoms with E-state index in [1.165, 1.54) is 0 Å². The molecule has 0 bridgehead atoms. The van der Waals surface area contributed by atoms with Crippen molar-refractivity contribution in [1.29, 1.82) is 0 Å². The average Bonchev–Trinajstić information content (AvgIpc) is 2.92. The van der Waals surface area contributed by atoms with E-state index in [0.717, 1.165) is 17.0 Å². The summed E-state index contributed by atoms with van der Waals surface area (Å²) in [5.41, 5.74) is 3.61. The number of carbonyl (C=O) groups excluding carboxylic acids is 2. The first kappa shape index (κ1) is 20.8. The van der Waals surface area contributed by atoms with Crippen LogP contribution in [-0.2, 0) is 14.2 Å². The molecule has 27 heavy (non-hydrogen) atoms. The highest BCUT2D eigenvalue weighted by molar-refractivity contribution is 5.90. The fraction of sp³-hybridized carbons (Fsp3) is 0.600. The van der Waals surface area contributed by atoms with Gasteiger partial charge in [0.2, 0.25) is 0 Å². The lowest BCUT2D eigenvalue weighted by Gasteiger charge is -2.17. The monoisotopic (exact) mass is 387 g/mol. The number of aliphatic hydroxyl groups is 3. The van der Waals surface area contributed by atoms with E-state index in [4.69, 9.17) is 25.1 Å². The van der Waals surface area contributed by atoms with Gasteiger partial charge in [0, 0.05) is 19.0 Å². The van der Waals surface area contributed by atoms with Crippen molar-refractivity contribution >= 4 is 12.1 Å². The second kappa shape index (κ2) is 9.41. The number of nitrogens with two attached hydrogens (primary N) is 1. The molecule has 2 rings (SSSR count). The molecule has 0 saturated carbocycles. The van der Waals surface area contributed by atoms with Crippen LogP contribution in [0.4, 0.5) is 4.79 Å². The van der Waals surface area contributed by atoms with Gasteiger partial charge in [0.05, 0.1) is 6.61 Å². The summed E-state index contributed by atoms with van der Waals surface area (Å²) in [6.07, 6.45) is -3.24. The van der Waals surface area contributed by atoms with E-state index in [1.54, 1.807) is 0 Å². The number of ether oxygens (including phenoxy) is 3. The molecule has 4 atom stereocenters. The highest BCUT2D eigenvalue weighted by Gasteiger charge is 2.45. The molecule has 0 radical (unpaired) electrons. The number of rotatable bonds is 8. The minimum Gasteiger partial charge on any atom is -0.434 e. The molecule has 1 saturated heterocycles. The van der Waals surface area contributed by atoms with Crippen molar-refractivity contribution in [2.24, 2.45) is 5.73 Å². The van der Waals surface area contributed by atoms with Crippen LogP contribution in [0.25, 0.3) is 0 Å². The molecule has 1 aromatic rings. The van der Waals surface area contributed by atoms with Gasteiger partial charge >= 0.3 is 6.16 Å². The number of aliphatic hydroxyl groups excluding tert-OH is 3. The zero-order valence-corrected chi connectivity index (χ0v) is 14.3. The predicted molar refractivity (Wildman–Crippen MR) is 86.6 cm³/mol. The number of carbonyl (C=O) groups is 2. The Kier molecular flexibility index (Phi) is 7.24. The van der Waals surface area contributed by atoms with Crippen molar-refractivity contribution in [2.45, 2.75) is 37.4 Å². The maximum absolute atomic E-state index is 12.2. The highest BCUT2D eigenvalue weighted by atomic mass is 16.7. The molecule has 12 nitrogen and oxygen atoms in total. The van der Waals surface area contributed by atoms with Gasteiger partial charge in [0.15, 0.2) is 11.9 Å². The second-order valence-corrected chi connectivity index (χ2v) is 5.74. The van der Waals surface area contributed by atoms with Crippen molar-refractivity contribution in [3.8, 4) is 0 Å². The maximum atomic E-state index is 12.2. The Bertz CT molecular complexity index is 723. The van der Waals surface area contributed by atoms with Crippen LogP contribution in [0.3, 0.4) is 0 Å². The molecule has 4 unspecified atom stereocenters. The van der Waals surface area contributed by atoms with Gasteiger partial charge in [0.25, 0.3) is 11.5 Å². The SMILES string of the molecule is NC(=O)c1nccn(C2OC(COC(=O)OCCCCO)C(O)C2O)c1=O. The Balaban J connectivity index is 1.98. The van der Waals surface area contributed by atoms with Crippen molar-refractivity contribution in [3.05, 3.63) is 28.4 Å². The van der Waals surface area contributed by atoms with Crippen LogP contribution in [0.2, 0.25) is 0 Å². The third-order valence-corrected chi connectivity index (χ3v) is 3.85. The fourth-order valence-corrected chi connectivity index (χ4v) is 2.45. The van der Waals surface area contributed by atoms with Gasteiger partial charge in [-0.1, -0.05) is 0 Å². The van der Waals surface area contributed by atoms with Crippen LogP contribution in [0.5, 0.6) is 0 Å². The summed E-state index contributed by atoms with van der Waals surface area (Å²) < 4.78 is 15.8. The van der Waals surface area contributed by atoms with Gasteiger partial charge in [-0.15, -0.1) is 0 Å². The van der Waals surface area contributed by atoms with Crippen LogP contribution >= 0.6 is 0 Å². The van der Waals surface area contributed by atoms with E-state index in [0.29, 0.717) is 12.8 Å². The normalized spacial score (nSPS) is 24.6. The smallest absolute Gasteiger partial charge is 0.434 e. The number of aromatic nitrogens is 2. The third kappa shape index (κ3) is 5.01. The standard InChI is InChI=1S/C15H21N3O9/c16-12(22)9-13(23)18(4-3-17-9)14-11(21)10(20)8(27-14)7-26-15(24)25-6-2-1-5-19/h3-4,8,10-11,14,19-21H,1-2,5-7H2,(H2,16,22). The van der Waals surface area contributed by atoms with E-state index in [1.807, 2.05) is 0 Å². The topological polar surface area (TPSA) is 183 Å². The molecule has 1 aliphatic heterocycles. The number of unbranched alkanes of at least 4 members (excludes halogenated alkanes) is 1. The van der Waals surface area contributed by atoms with Gasteiger partial charge in [-0.05, 0) is 12.8 Å². The second-order valence-electron chi connectivity index (χ2n) is 5.74. The molecular formula is C15H21N3O9. The van der Waals surface area contributed by atoms with Crippen LogP contribution in [0.15, 0.2) is 17.2 Å². The summed E-state index contributed by atoms with van der Waals surface area (Å²) in [5, 5.41) is 28.8. The molecule has 1 amide bonds. The maximum Gasteiger partial charge on any atom is 0.508 e. The molecule has 0 spiro atoms. The molecule has 5 N–H and O–H groups in total. The number of nitrogens with zero attached hydrogens (tertiary/aromatic N) is 2. The Morgan fingerprint density at radius 3 is 2.67 bits per heavy atom. The van der Waals surface area contributed by atoms with Gasteiger partial charge in [0.1, 0.15) is 24.9 Å². The first-order chi connectivity index (χ1) is 12.9. The van der Waals surface area contributed by atoms with Crippen LogP contribution in [0, 0.1) is 0 Å². The summed E-state index contributed by atoms with van der Waals surface area (Å²) in [6.45, 7) is -0.400. The molecule has 0 aromatic carbocycles. The molecular weight excluding hydrogens is 366 g/mol. The summed E-state index contributed by atoms with van der Waals surface area (Å²) >= 11 is 0. The van der Waals surface area contributed by atoms with Gasteiger partial charge in [-0.25, -0.2) is 9.78 Å². The predicted octanol–water partition coefficient (Wildman–Crippen LogP) is -2.11. The zero-order valence-electron chi connectivity index (χ0n) is 14.3. The quantitative estimate of drug-likeness (QED) is 0.284. The van der Waals surface area contributed by atoms with Crippen LogP contribution in [0.1, 0.15) is 29.6 Å². The van der Waals surface area contributed by atoms with E-state index < -0.39 is 54.5 Å². The molecule has 0 aliphatic carbocycles.